The zero-order valence-corrected chi connectivity index (χ0v) is 38.3. The second kappa shape index (κ2) is 16.3. The van der Waals surface area contributed by atoms with Gasteiger partial charge >= 0.3 is 0 Å². The molecule has 14 rings (SSSR count). The largest absolute Gasteiger partial charge is 0.456 e. The third kappa shape index (κ3) is 6.60. The van der Waals surface area contributed by atoms with Gasteiger partial charge in [-0.1, -0.05) is 140 Å². The van der Waals surface area contributed by atoms with Crippen LogP contribution in [-0.4, -0.2) is 9.13 Å². The van der Waals surface area contributed by atoms with Gasteiger partial charge in [0, 0.05) is 60.8 Å². The number of fused-ring (bicyclic) bond motifs is 9. The van der Waals surface area contributed by atoms with E-state index in [1.165, 1.54) is 66.0 Å². The highest BCUT2D eigenvalue weighted by Crippen LogP contribution is 2.42. The fourth-order valence-corrected chi connectivity index (χ4v) is 11.0. The van der Waals surface area contributed by atoms with Crippen molar-refractivity contribution in [2.75, 3.05) is 4.90 Å². The van der Waals surface area contributed by atoms with Crippen LogP contribution in [0.15, 0.2) is 253 Å². The summed E-state index contributed by atoms with van der Waals surface area (Å²) in [5, 5.41) is 7.26. The third-order valence-corrected chi connectivity index (χ3v) is 14.3. The highest BCUT2D eigenvalue weighted by molar-refractivity contribution is 6.12. The van der Waals surface area contributed by atoms with E-state index in [0.29, 0.717) is 0 Å². The van der Waals surface area contributed by atoms with Crippen molar-refractivity contribution in [2.45, 2.75) is 12.8 Å². The van der Waals surface area contributed by atoms with Crippen LogP contribution in [0, 0.1) is 0 Å². The second-order valence-corrected chi connectivity index (χ2v) is 18.4. The highest BCUT2D eigenvalue weighted by atomic mass is 16.3. The summed E-state index contributed by atoms with van der Waals surface area (Å²) in [6.07, 6.45) is 9.07. The first kappa shape index (κ1) is 40.0. The summed E-state index contributed by atoms with van der Waals surface area (Å²) in [4.78, 5) is 2.38. The normalized spacial score (nSPS) is 12.8. The SMILES string of the molecule is C1=CC(n2c3ccccc3c3cc(-c4ccc(N(c5ccc(-c6ccc7oc8ccccc8c7c6)cc5)c5cccc(-c6ccc7c(c6)c6ccccc6n7-c6ccccc6)c5)cc4)ccc32)=CCC1. The number of nitrogens with zero attached hydrogens (tertiary/aromatic N) is 3. The first-order chi connectivity index (χ1) is 34.7. The number of rotatable bonds is 8. The van der Waals surface area contributed by atoms with Gasteiger partial charge in [-0.25, -0.2) is 0 Å². The van der Waals surface area contributed by atoms with E-state index in [2.05, 4.69) is 251 Å². The van der Waals surface area contributed by atoms with Gasteiger partial charge in [0.1, 0.15) is 11.2 Å². The molecule has 0 atom stereocenters. The lowest BCUT2D eigenvalue weighted by Gasteiger charge is -2.26. The van der Waals surface area contributed by atoms with Crippen LogP contribution in [0.4, 0.5) is 17.1 Å². The molecule has 0 radical (unpaired) electrons. The van der Waals surface area contributed by atoms with Crippen LogP contribution in [0.3, 0.4) is 0 Å². The van der Waals surface area contributed by atoms with Gasteiger partial charge < -0.3 is 18.5 Å². The molecule has 0 aliphatic heterocycles. The van der Waals surface area contributed by atoms with Gasteiger partial charge in [-0.15, -0.1) is 0 Å². The summed E-state index contributed by atoms with van der Waals surface area (Å²) in [5.74, 6) is 0. The van der Waals surface area contributed by atoms with E-state index >= 15 is 0 Å². The molecule has 0 unspecified atom stereocenters. The Morgan fingerprint density at radius 2 is 0.843 bits per heavy atom. The van der Waals surface area contributed by atoms with Crippen LogP contribution in [0.1, 0.15) is 12.8 Å². The molecule has 0 N–H and O–H groups in total. The van der Waals surface area contributed by atoms with Crippen molar-refractivity contribution in [1.82, 2.24) is 9.13 Å². The van der Waals surface area contributed by atoms with Gasteiger partial charge in [0.05, 0.1) is 22.1 Å². The number of hydrogen-bond acceptors (Lipinski definition) is 2. The molecule has 0 fully saturated rings. The third-order valence-electron chi connectivity index (χ3n) is 14.3. The average molecular weight is 896 g/mol. The van der Waals surface area contributed by atoms with Crippen molar-refractivity contribution in [3.05, 3.63) is 249 Å². The minimum Gasteiger partial charge on any atom is -0.456 e. The minimum absolute atomic E-state index is 0.901. The maximum Gasteiger partial charge on any atom is 0.135 e. The van der Waals surface area contributed by atoms with E-state index in [0.717, 1.165) is 74.2 Å². The van der Waals surface area contributed by atoms with E-state index in [9.17, 15) is 0 Å². The lowest BCUT2D eigenvalue weighted by molar-refractivity contribution is 0.669. The lowest BCUT2D eigenvalue weighted by atomic mass is 10.00. The maximum atomic E-state index is 6.18. The number of anilines is 3. The van der Waals surface area contributed by atoms with E-state index < -0.39 is 0 Å². The Labute approximate surface area is 405 Å². The quantitative estimate of drug-likeness (QED) is 0.152. The van der Waals surface area contributed by atoms with Crippen molar-refractivity contribution in [3.63, 3.8) is 0 Å². The van der Waals surface area contributed by atoms with Crippen molar-refractivity contribution >= 4 is 88.3 Å². The lowest BCUT2D eigenvalue weighted by Crippen LogP contribution is -2.10. The Morgan fingerprint density at radius 3 is 1.51 bits per heavy atom. The van der Waals surface area contributed by atoms with Gasteiger partial charge in [0.2, 0.25) is 0 Å². The van der Waals surface area contributed by atoms with Gasteiger partial charge in [0.25, 0.3) is 0 Å². The molecule has 0 spiro atoms. The number of allylic oxidation sites excluding steroid dienone is 4. The van der Waals surface area contributed by atoms with Crippen LogP contribution >= 0.6 is 0 Å². The molecule has 0 amide bonds. The Bertz CT molecular complexity index is 4220. The summed E-state index contributed by atoms with van der Waals surface area (Å²) >= 11 is 0. The molecular formula is C66H45N3O. The van der Waals surface area contributed by atoms with E-state index in [-0.39, 0.29) is 0 Å². The first-order valence-electron chi connectivity index (χ1n) is 24.2. The molecule has 70 heavy (non-hydrogen) atoms. The molecule has 1 aliphatic carbocycles. The molecule has 0 bridgehead atoms. The molecule has 0 saturated carbocycles. The first-order valence-corrected chi connectivity index (χ1v) is 24.2. The molecular weight excluding hydrogens is 851 g/mol. The molecule has 3 aromatic heterocycles. The maximum absolute atomic E-state index is 6.18. The van der Waals surface area contributed by atoms with Crippen LogP contribution in [0.2, 0.25) is 0 Å². The van der Waals surface area contributed by atoms with Crippen molar-refractivity contribution in [1.29, 1.82) is 0 Å². The van der Waals surface area contributed by atoms with E-state index in [1.54, 1.807) is 0 Å². The molecule has 10 aromatic carbocycles. The van der Waals surface area contributed by atoms with Crippen molar-refractivity contribution < 1.29 is 4.42 Å². The fourth-order valence-electron chi connectivity index (χ4n) is 11.0. The standard InChI is InChI=1S/C66H45N3O/c1-3-15-50(16-4-1)68-61-23-10-7-20-55(61)58-41-47(30-37-63(58)68)44-26-33-52(34-27-44)67(53-35-28-45(29-36-53)48-32-39-66-60(43-48)57-22-9-12-25-65(57)70-66)54-19-13-14-46(40-54)49-31-38-64-59(42-49)56-21-8-11-24-62(56)69(64)51-17-5-2-6-18-51/h2-3,5-43H,1,4H2. The fraction of sp³-hybridized carbons (Fsp3) is 0.0303. The number of furan rings is 1. The zero-order chi connectivity index (χ0) is 46.1. The second-order valence-electron chi connectivity index (χ2n) is 18.4. The number of aromatic nitrogens is 2. The molecule has 13 aromatic rings. The molecule has 4 heteroatoms. The van der Waals surface area contributed by atoms with Gasteiger partial charge in [-0.05, 0) is 155 Å². The predicted molar refractivity (Wildman–Crippen MR) is 295 cm³/mol. The summed E-state index contributed by atoms with van der Waals surface area (Å²) in [7, 11) is 0. The van der Waals surface area contributed by atoms with Gasteiger partial charge in [0.15, 0.2) is 0 Å². The molecule has 4 nitrogen and oxygen atoms in total. The summed E-state index contributed by atoms with van der Waals surface area (Å²) < 4.78 is 11.0. The topological polar surface area (TPSA) is 26.2 Å². The molecule has 3 heterocycles. The summed E-state index contributed by atoms with van der Waals surface area (Å²) in [6, 6.07) is 83.8. The zero-order valence-electron chi connectivity index (χ0n) is 38.3. The van der Waals surface area contributed by atoms with Gasteiger partial charge in [-0.2, -0.15) is 0 Å². The molecule has 1 aliphatic rings. The minimum atomic E-state index is 0.901. The Kier molecular flexibility index (Phi) is 9.31. The summed E-state index contributed by atoms with van der Waals surface area (Å²) in [5.41, 5.74) is 19.3. The predicted octanol–water partition coefficient (Wildman–Crippen LogP) is 18.5. The van der Waals surface area contributed by atoms with E-state index in [4.69, 9.17) is 4.42 Å². The monoisotopic (exact) mass is 895 g/mol. The Balaban J connectivity index is 0.867. The number of benzene rings is 10. The molecule has 0 saturated heterocycles. The summed E-state index contributed by atoms with van der Waals surface area (Å²) in [6.45, 7) is 0. The number of hydrogen-bond donors (Lipinski definition) is 0. The van der Waals surface area contributed by atoms with Crippen LogP contribution < -0.4 is 4.90 Å². The smallest absolute Gasteiger partial charge is 0.135 e. The van der Waals surface area contributed by atoms with Crippen LogP contribution in [0.25, 0.3) is 110 Å². The Morgan fingerprint density at radius 1 is 0.329 bits per heavy atom. The number of para-hydroxylation sites is 4. The van der Waals surface area contributed by atoms with Crippen molar-refractivity contribution in [3.8, 4) is 39.1 Å². The highest BCUT2D eigenvalue weighted by Gasteiger charge is 2.19. The van der Waals surface area contributed by atoms with Gasteiger partial charge in [-0.3, -0.25) is 0 Å². The van der Waals surface area contributed by atoms with Crippen LogP contribution in [0.5, 0.6) is 0 Å². The van der Waals surface area contributed by atoms with E-state index in [1.807, 2.05) is 12.1 Å². The van der Waals surface area contributed by atoms with Crippen LogP contribution in [-0.2, 0) is 0 Å². The average Bonchev–Trinajstić information content (AvgIpc) is 4.09. The molecule has 330 valence electrons. The Hall–Kier alpha value is -9.12. The van der Waals surface area contributed by atoms with Crippen molar-refractivity contribution in [2.24, 2.45) is 0 Å².